The lowest BCUT2D eigenvalue weighted by Crippen LogP contribution is -2.48. The average molecular weight is 371 g/mol. The van der Waals surface area contributed by atoms with Gasteiger partial charge in [-0.3, -0.25) is 4.79 Å². The summed E-state index contributed by atoms with van der Waals surface area (Å²) in [5.74, 6) is 0.0286. The zero-order valence-corrected chi connectivity index (χ0v) is 15.7. The molecule has 1 spiro atoms. The van der Waals surface area contributed by atoms with E-state index in [0.29, 0.717) is 38.0 Å². The number of hydrogen-bond donors (Lipinski definition) is 1. The molecule has 136 valence electrons. The van der Waals surface area contributed by atoms with Crippen molar-refractivity contribution in [2.45, 2.75) is 32.3 Å². The summed E-state index contributed by atoms with van der Waals surface area (Å²) in [7, 11) is 0. The van der Waals surface area contributed by atoms with Gasteiger partial charge in [-0.2, -0.15) is 0 Å². The van der Waals surface area contributed by atoms with Gasteiger partial charge in [0.05, 0.1) is 22.1 Å². The number of aryl methyl sites for hydroxylation is 2. The van der Waals surface area contributed by atoms with Crippen LogP contribution in [0.25, 0.3) is 10.4 Å². The second kappa shape index (κ2) is 6.39. The fourth-order valence-electron chi connectivity index (χ4n) is 3.64. The molecule has 0 aliphatic carbocycles. The number of aromatic nitrogens is 1. The van der Waals surface area contributed by atoms with Crippen LogP contribution < -0.4 is 5.32 Å². The van der Waals surface area contributed by atoms with Gasteiger partial charge in [0.25, 0.3) is 5.91 Å². The van der Waals surface area contributed by atoms with Crippen molar-refractivity contribution in [2.75, 3.05) is 19.6 Å². The molecule has 4 rings (SSSR count). The number of carbonyl (C=O) groups excluding carboxylic acids is 2. The number of nitrogens with zero attached hydrogens (tertiary/aromatic N) is 2. The van der Waals surface area contributed by atoms with Crippen LogP contribution in [0.15, 0.2) is 24.3 Å². The lowest BCUT2D eigenvalue weighted by atomic mass is 9.91. The number of hydrogen-bond acceptors (Lipinski definition) is 5. The minimum atomic E-state index is -0.431. The first-order chi connectivity index (χ1) is 12.5. The molecule has 7 heteroatoms. The highest BCUT2D eigenvalue weighted by Crippen LogP contribution is 2.31. The molecule has 0 radical (unpaired) electrons. The van der Waals surface area contributed by atoms with Crippen LogP contribution in [0.5, 0.6) is 0 Å². The number of carbonyl (C=O) groups is 2. The first kappa shape index (κ1) is 17.0. The highest BCUT2D eigenvalue weighted by Gasteiger charge is 2.43. The number of thiazole rings is 1. The number of nitrogens with one attached hydrogen (secondary N) is 1. The van der Waals surface area contributed by atoms with Gasteiger partial charge in [-0.15, -0.1) is 11.3 Å². The maximum Gasteiger partial charge on any atom is 0.407 e. The van der Waals surface area contributed by atoms with Gasteiger partial charge in [0.1, 0.15) is 5.60 Å². The molecule has 1 aromatic carbocycles. The summed E-state index contributed by atoms with van der Waals surface area (Å²) in [6.45, 7) is 5.74. The lowest BCUT2D eigenvalue weighted by molar-refractivity contribution is 0.00331. The van der Waals surface area contributed by atoms with E-state index in [2.05, 4.69) is 10.3 Å². The molecule has 2 saturated heterocycles. The molecule has 6 nitrogen and oxygen atoms in total. The van der Waals surface area contributed by atoms with E-state index in [9.17, 15) is 9.59 Å². The Balaban J connectivity index is 1.44. The lowest BCUT2D eigenvalue weighted by Gasteiger charge is -2.37. The molecule has 26 heavy (non-hydrogen) atoms. The van der Waals surface area contributed by atoms with Crippen LogP contribution in [0.3, 0.4) is 0 Å². The molecule has 2 fully saturated rings. The van der Waals surface area contributed by atoms with Gasteiger partial charge in [-0.25, -0.2) is 9.78 Å². The molecule has 2 aliphatic heterocycles. The third kappa shape index (κ3) is 3.07. The Labute approximate surface area is 156 Å². The van der Waals surface area contributed by atoms with E-state index in [-0.39, 0.29) is 12.0 Å². The molecule has 1 N–H and O–H groups in total. The van der Waals surface area contributed by atoms with Crippen LogP contribution in [0.4, 0.5) is 4.79 Å². The molecule has 1 aromatic heterocycles. The Morgan fingerprint density at radius 2 is 1.92 bits per heavy atom. The van der Waals surface area contributed by atoms with Gasteiger partial charge >= 0.3 is 6.09 Å². The van der Waals surface area contributed by atoms with Crippen LogP contribution in [0, 0.1) is 13.8 Å². The van der Waals surface area contributed by atoms with Crippen LogP contribution in [0.2, 0.25) is 0 Å². The topological polar surface area (TPSA) is 71.5 Å². The number of likely N-dealkylation sites (tertiary alicyclic amines) is 1. The minimum absolute atomic E-state index is 0.0286. The molecule has 0 bridgehead atoms. The molecule has 0 saturated carbocycles. The Bertz CT molecular complexity index is 851. The van der Waals surface area contributed by atoms with Crippen LogP contribution in [0.1, 0.15) is 33.9 Å². The van der Waals surface area contributed by atoms with E-state index in [1.807, 2.05) is 43.0 Å². The summed E-state index contributed by atoms with van der Waals surface area (Å²) in [5, 5.41) is 3.76. The molecule has 3 heterocycles. The van der Waals surface area contributed by atoms with E-state index >= 15 is 0 Å². The van der Waals surface area contributed by atoms with Crippen molar-refractivity contribution in [1.29, 1.82) is 0 Å². The Kier molecular flexibility index (Phi) is 4.19. The Hall–Kier alpha value is -2.41. The number of benzene rings is 1. The summed E-state index contributed by atoms with van der Waals surface area (Å²) in [6.07, 6.45) is 0.998. The summed E-state index contributed by atoms with van der Waals surface area (Å²) in [6, 6.07) is 7.74. The van der Waals surface area contributed by atoms with E-state index < -0.39 is 5.60 Å². The monoisotopic (exact) mass is 371 g/mol. The molecular formula is C19H21N3O3S. The summed E-state index contributed by atoms with van der Waals surface area (Å²) >= 11 is 1.67. The second-order valence-electron chi connectivity index (χ2n) is 6.94. The third-order valence-electron chi connectivity index (χ3n) is 5.12. The predicted octanol–water partition coefficient (Wildman–Crippen LogP) is 3.14. The van der Waals surface area contributed by atoms with Crippen molar-refractivity contribution in [3.05, 3.63) is 40.5 Å². The molecule has 2 aliphatic rings. The van der Waals surface area contributed by atoms with Gasteiger partial charge < -0.3 is 15.0 Å². The first-order valence-corrected chi connectivity index (χ1v) is 9.58. The van der Waals surface area contributed by atoms with E-state index in [1.54, 1.807) is 11.3 Å². The van der Waals surface area contributed by atoms with E-state index in [0.717, 1.165) is 21.1 Å². The molecule has 0 unspecified atom stereocenters. The van der Waals surface area contributed by atoms with Gasteiger partial charge in [0.15, 0.2) is 0 Å². The fourth-order valence-corrected chi connectivity index (χ4v) is 4.57. The number of alkyl carbamates (subject to hydrolysis) is 1. The average Bonchev–Trinajstić information content (AvgIpc) is 3.17. The van der Waals surface area contributed by atoms with Crippen LogP contribution in [-0.4, -0.2) is 47.1 Å². The molecule has 2 amide bonds. The number of piperidine rings is 1. The maximum absolute atomic E-state index is 12.8. The Morgan fingerprint density at radius 1 is 1.23 bits per heavy atom. The van der Waals surface area contributed by atoms with Gasteiger partial charge in [0.2, 0.25) is 0 Å². The largest absolute Gasteiger partial charge is 0.441 e. The number of ether oxygens (including phenoxy) is 1. The second-order valence-corrected chi connectivity index (χ2v) is 8.15. The standard InChI is InChI=1S/C19H21N3O3S/c1-12-16(26-13(2)21-12)14-3-5-15(6-4-14)17(23)22-9-7-19(8-10-22)11-20-18(24)25-19/h3-6H,7-11H2,1-2H3,(H,20,24). The maximum atomic E-state index is 12.8. The number of rotatable bonds is 2. The Morgan fingerprint density at radius 3 is 2.46 bits per heavy atom. The smallest absolute Gasteiger partial charge is 0.407 e. The van der Waals surface area contributed by atoms with Gasteiger partial charge in [0, 0.05) is 31.5 Å². The highest BCUT2D eigenvalue weighted by atomic mass is 32.1. The summed E-state index contributed by atoms with van der Waals surface area (Å²) in [5.41, 5.74) is 2.36. The van der Waals surface area contributed by atoms with Crippen molar-refractivity contribution in [3.8, 4) is 10.4 Å². The van der Waals surface area contributed by atoms with Crippen molar-refractivity contribution in [3.63, 3.8) is 0 Å². The molecular weight excluding hydrogens is 350 g/mol. The first-order valence-electron chi connectivity index (χ1n) is 8.76. The van der Waals surface area contributed by atoms with Crippen LogP contribution in [-0.2, 0) is 4.74 Å². The van der Waals surface area contributed by atoms with E-state index in [1.165, 1.54) is 0 Å². The molecule has 2 aromatic rings. The normalized spacial score (nSPS) is 18.7. The molecule has 0 atom stereocenters. The van der Waals surface area contributed by atoms with Crippen LogP contribution >= 0.6 is 11.3 Å². The van der Waals surface area contributed by atoms with Gasteiger partial charge in [-0.1, -0.05) is 12.1 Å². The minimum Gasteiger partial charge on any atom is -0.441 e. The van der Waals surface area contributed by atoms with E-state index in [4.69, 9.17) is 4.74 Å². The van der Waals surface area contributed by atoms with Crippen molar-refractivity contribution in [2.24, 2.45) is 0 Å². The zero-order valence-electron chi connectivity index (χ0n) is 14.9. The SMILES string of the molecule is Cc1nc(C)c(-c2ccc(C(=O)N3CCC4(CC3)CNC(=O)O4)cc2)s1. The van der Waals surface area contributed by atoms with Crippen molar-refractivity contribution >= 4 is 23.3 Å². The summed E-state index contributed by atoms with van der Waals surface area (Å²) < 4.78 is 5.41. The predicted molar refractivity (Wildman–Crippen MR) is 99.4 cm³/mol. The summed E-state index contributed by atoms with van der Waals surface area (Å²) in [4.78, 5) is 31.5. The highest BCUT2D eigenvalue weighted by molar-refractivity contribution is 7.15. The third-order valence-corrected chi connectivity index (χ3v) is 6.25. The van der Waals surface area contributed by atoms with Crippen molar-refractivity contribution < 1.29 is 14.3 Å². The number of amides is 2. The quantitative estimate of drug-likeness (QED) is 0.880. The van der Waals surface area contributed by atoms with Crippen molar-refractivity contribution in [1.82, 2.24) is 15.2 Å². The zero-order chi connectivity index (χ0) is 18.3. The fraction of sp³-hybridized carbons (Fsp3) is 0.421. The van der Waals surface area contributed by atoms with Gasteiger partial charge in [-0.05, 0) is 31.5 Å².